The van der Waals surface area contributed by atoms with E-state index in [9.17, 15) is 13.2 Å². The zero-order valence-electron chi connectivity index (χ0n) is 9.88. The van der Waals surface area contributed by atoms with Crippen LogP contribution in [0, 0.1) is 0 Å². The Morgan fingerprint density at radius 1 is 1.37 bits per heavy atom. The molecule has 1 aromatic heterocycles. The smallest absolute Gasteiger partial charge is 0.367 e. The van der Waals surface area contributed by atoms with Crippen LogP contribution in [0.2, 0.25) is 0 Å². The van der Waals surface area contributed by atoms with Gasteiger partial charge in [0.1, 0.15) is 5.69 Å². The molecule has 0 saturated heterocycles. The Morgan fingerprint density at radius 3 is 2.63 bits per heavy atom. The Labute approximate surface area is 115 Å². The number of nitrogens with two attached hydrogens (primary N) is 1. The number of benzene rings is 1. The van der Waals surface area contributed by atoms with Crippen molar-refractivity contribution in [3.05, 3.63) is 33.8 Å². The van der Waals surface area contributed by atoms with Crippen molar-refractivity contribution in [2.75, 3.05) is 5.73 Å². The number of alkyl halides is 3. The van der Waals surface area contributed by atoms with E-state index in [0.29, 0.717) is 23.2 Å². The van der Waals surface area contributed by atoms with Gasteiger partial charge in [0.15, 0.2) is 0 Å². The van der Waals surface area contributed by atoms with Crippen LogP contribution in [0.1, 0.15) is 18.1 Å². The standard InChI is InChI=1S/C12H10BrF3N2O/c1-2-7-10(18-19-11(7)17)6-3-4-9(13)8(5-6)12(14,15)16/h3-5H,2,17H2,1H3. The summed E-state index contributed by atoms with van der Waals surface area (Å²) in [6, 6.07) is 3.90. The molecule has 102 valence electrons. The Hall–Kier alpha value is -1.50. The van der Waals surface area contributed by atoms with E-state index in [-0.39, 0.29) is 10.4 Å². The average molecular weight is 335 g/mol. The minimum absolute atomic E-state index is 0.0155. The van der Waals surface area contributed by atoms with Gasteiger partial charge < -0.3 is 10.3 Å². The first-order chi connectivity index (χ1) is 8.84. The molecule has 0 spiro atoms. The number of hydrogen-bond acceptors (Lipinski definition) is 3. The van der Waals surface area contributed by atoms with Crippen molar-refractivity contribution in [1.29, 1.82) is 0 Å². The molecule has 0 bridgehead atoms. The summed E-state index contributed by atoms with van der Waals surface area (Å²) >= 11 is 2.89. The highest BCUT2D eigenvalue weighted by atomic mass is 79.9. The van der Waals surface area contributed by atoms with Crippen LogP contribution in [-0.2, 0) is 12.6 Å². The van der Waals surface area contributed by atoms with E-state index >= 15 is 0 Å². The van der Waals surface area contributed by atoms with Crippen LogP contribution >= 0.6 is 15.9 Å². The molecule has 19 heavy (non-hydrogen) atoms. The Balaban J connectivity index is 2.58. The number of anilines is 1. The average Bonchev–Trinajstić information content (AvgIpc) is 2.69. The van der Waals surface area contributed by atoms with Gasteiger partial charge in [-0.15, -0.1) is 0 Å². The maximum atomic E-state index is 12.8. The van der Waals surface area contributed by atoms with Gasteiger partial charge in [0, 0.05) is 15.6 Å². The number of aromatic nitrogens is 1. The highest BCUT2D eigenvalue weighted by Crippen LogP contribution is 2.38. The normalized spacial score (nSPS) is 11.8. The third-order valence-corrected chi connectivity index (χ3v) is 3.41. The zero-order valence-corrected chi connectivity index (χ0v) is 11.5. The van der Waals surface area contributed by atoms with Crippen LogP contribution in [0.5, 0.6) is 0 Å². The second-order valence-corrected chi connectivity index (χ2v) is 4.77. The second kappa shape index (κ2) is 4.88. The molecule has 2 rings (SSSR count). The zero-order chi connectivity index (χ0) is 14.2. The van der Waals surface area contributed by atoms with E-state index in [4.69, 9.17) is 10.3 Å². The molecule has 0 fully saturated rings. The molecular formula is C12H10BrF3N2O. The van der Waals surface area contributed by atoms with Crippen molar-refractivity contribution in [3.63, 3.8) is 0 Å². The fourth-order valence-corrected chi connectivity index (χ4v) is 2.25. The summed E-state index contributed by atoms with van der Waals surface area (Å²) in [5, 5.41) is 3.73. The second-order valence-electron chi connectivity index (χ2n) is 3.92. The molecule has 3 nitrogen and oxygen atoms in total. The fraction of sp³-hybridized carbons (Fsp3) is 0.250. The van der Waals surface area contributed by atoms with Gasteiger partial charge >= 0.3 is 6.18 Å². The molecule has 0 aliphatic rings. The van der Waals surface area contributed by atoms with Gasteiger partial charge in [-0.1, -0.05) is 34.1 Å². The minimum atomic E-state index is -4.43. The number of halogens is 4. The molecule has 1 heterocycles. The van der Waals surface area contributed by atoms with Crippen LogP contribution < -0.4 is 5.73 Å². The predicted molar refractivity (Wildman–Crippen MR) is 68.4 cm³/mol. The molecule has 0 amide bonds. The summed E-state index contributed by atoms with van der Waals surface area (Å²) in [7, 11) is 0. The summed E-state index contributed by atoms with van der Waals surface area (Å²) in [6.07, 6.45) is -3.90. The molecule has 2 aromatic rings. The topological polar surface area (TPSA) is 52.0 Å². The van der Waals surface area contributed by atoms with Crippen molar-refractivity contribution >= 4 is 21.8 Å². The molecule has 1 aromatic carbocycles. The lowest BCUT2D eigenvalue weighted by Gasteiger charge is -2.10. The van der Waals surface area contributed by atoms with E-state index in [1.807, 2.05) is 6.92 Å². The highest BCUT2D eigenvalue weighted by molar-refractivity contribution is 9.10. The largest absolute Gasteiger partial charge is 0.417 e. The van der Waals surface area contributed by atoms with E-state index in [1.54, 1.807) is 0 Å². The van der Waals surface area contributed by atoms with Crippen LogP contribution in [-0.4, -0.2) is 5.16 Å². The summed E-state index contributed by atoms with van der Waals surface area (Å²) in [6.45, 7) is 1.83. The Kier molecular flexibility index (Phi) is 3.58. The summed E-state index contributed by atoms with van der Waals surface area (Å²) < 4.78 is 43.3. The molecule has 0 radical (unpaired) electrons. The SMILES string of the molecule is CCc1c(-c2ccc(Br)c(C(F)(F)F)c2)noc1N. The first kappa shape index (κ1) is 13.9. The van der Waals surface area contributed by atoms with Crippen molar-refractivity contribution in [2.45, 2.75) is 19.5 Å². The van der Waals surface area contributed by atoms with Gasteiger partial charge in [-0.25, -0.2) is 0 Å². The van der Waals surface area contributed by atoms with Gasteiger partial charge in [-0.05, 0) is 18.6 Å². The summed E-state index contributed by atoms with van der Waals surface area (Å²) in [5.74, 6) is 0.133. The van der Waals surface area contributed by atoms with E-state index in [0.717, 1.165) is 6.07 Å². The van der Waals surface area contributed by atoms with Crippen molar-refractivity contribution in [3.8, 4) is 11.3 Å². The van der Waals surface area contributed by atoms with E-state index < -0.39 is 11.7 Å². The first-order valence-electron chi connectivity index (χ1n) is 5.45. The van der Waals surface area contributed by atoms with Crippen LogP contribution in [0.15, 0.2) is 27.2 Å². The Morgan fingerprint density at radius 2 is 2.05 bits per heavy atom. The molecule has 0 aliphatic carbocycles. The van der Waals surface area contributed by atoms with E-state index in [1.165, 1.54) is 12.1 Å². The van der Waals surface area contributed by atoms with Crippen molar-refractivity contribution in [2.24, 2.45) is 0 Å². The van der Waals surface area contributed by atoms with Gasteiger partial charge in [0.25, 0.3) is 0 Å². The first-order valence-corrected chi connectivity index (χ1v) is 6.25. The predicted octanol–water partition coefficient (Wildman–Crippen LogP) is 4.27. The molecule has 0 saturated carbocycles. The van der Waals surface area contributed by atoms with Gasteiger partial charge in [0.2, 0.25) is 5.88 Å². The number of nitrogens with zero attached hydrogens (tertiary/aromatic N) is 1. The van der Waals surface area contributed by atoms with Crippen LogP contribution in [0.3, 0.4) is 0 Å². The van der Waals surface area contributed by atoms with Crippen molar-refractivity contribution < 1.29 is 17.7 Å². The monoisotopic (exact) mass is 334 g/mol. The molecular weight excluding hydrogens is 325 g/mol. The van der Waals surface area contributed by atoms with Gasteiger partial charge in [-0.2, -0.15) is 13.2 Å². The number of hydrogen-bond donors (Lipinski definition) is 1. The quantitative estimate of drug-likeness (QED) is 0.892. The molecule has 0 atom stereocenters. The van der Waals surface area contributed by atoms with E-state index in [2.05, 4.69) is 21.1 Å². The lowest BCUT2D eigenvalue weighted by Crippen LogP contribution is -2.06. The summed E-state index contributed by atoms with van der Waals surface area (Å²) in [4.78, 5) is 0. The number of nitrogen functional groups attached to an aromatic ring is 1. The summed E-state index contributed by atoms with van der Waals surface area (Å²) in [5.41, 5.74) is 6.11. The molecule has 0 aliphatic heterocycles. The number of rotatable bonds is 2. The molecule has 0 unspecified atom stereocenters. The maximum Gasteiger partial charge on any atom is 0.417 e. The lowest BCUT2D eigenvalue weighted by molar-refractivity contribution is -0.138. The van der Waals surface area contributed by atoms with Crippen LogP contribution in [0.25, 0.3) is 11.3 Å². The van der Waals surface area contributed by atoms with Crippen molar-refractivity contribution in [1.82, 2.24) is 5.16 Å². The third kappa shape index (κ3) is 2.60. The molecule has 2 N–H and O–H groups in total. The molecule has 7 heteroatoms. The maximum absolute atomic E-state index is 12.8. The van der Waals surface area contributed by atoms with Gasteiger partial charge in [-0.3, -0.25) is 0 Å². The third-order valence-electron chi connectivity index (χ3n) is 2.72. The lowest BCUT2D eigenvalue weighted by atomic mass is 10.0. The fourth-order valence-electron chi connectivity index (χ4n) is 1.78. The van der Waals surface area contributed by atoms with Crippen LogP contribution in [0.4, 0.5) is 19.1 Å². The Bertz CT molecular complexity index is 608. The minimum Gasteiger partial charge on any atom is -0.367 e. The van der Waals surface area contributed by atoms with Gasteiger partial charge in [0.05, 0.1) is 5.56 Å². The highest BCUT2D eigenvalue weighted by Gasteiger charge is 2.33.